The van der Waals surface area contributed by atoms with E-state index in [1.807, 2.05) is 16.7 Å². The number of urea groups is 1. The van der Waals surface area contributed by atoms with E-state index in [1.165, 1.54) is 37.0 Å². The fraction of sp³-hybridized carbons (Fsp3) is 0.842. The molecular formula is C19H29N3O3S. The van der Waals surface area contributed by atoms with Crippen LogP contribution < -0.4 is 5.32 Å². The van der Waals surface area contributed by atoms with Crippen molar-refractivity contribution in [2.45, 2.75) is 56.9 Å². The van der Waals surface area contributed by atoms with Gasteiger partial charge in [0.05, 0.1) is 0 Å². The number of likely N-dealkylation sites (tertiary alicyclic amines) is 1. The third-order valence-corrected chi connectivity index (χ3v) is 7.52. The van der Waals surface area contributed by atoms with Crippen molar-refractivity contribution in [1.82, 2.24) is 15.1 Å². The number of hydrogen-bond donors (Lipinski definition) is 1. The van der Waals surface area contributed by atoms with Crippen molar-refractivity contribution >= 4 is 29.6 Å². The molecule has 0 radical (unpaired) electrons. The Bertz CT molecular complexity index is 585. The normalized spacial score (nSPS) is 29.7. The number of rotatable bonds is 4. The molecular weight excluding hydrogens is 350 g/mol. The van der Waals surface area contributed by atoms with Gasteiger partial charge in [0.15, 0.2) is 0 Å². The first-order valence-corrected chi connectivity index (χ1v) is 11.2. The summed E-state index contributed by atoms with van der Waals surface area (Å²) in [5.41, 5.74) is -0.674. The summed E-state index contributed by atoms with van der Waals surface area (Å²) in [6.07, 6.45) is 8.22. The highest BCUT2D eigenvalue weighted by molar-refractivity contribution is 7.99. The van der Waals surface area contributed by atoms with E-state index >= 15 is 0 Å². The van der Waals surface area contributed by atoms with Gasteiger partial charge in [0.25, 0.3) is 5.91 Å². The molecule has 6 nitrogen and oxygen atoms in total. The summed E-state index contributed by atoms with van der Waals surface area (Å²) >= 11 is 1.84. The summed E-state index contributed by atoms with van der Waals surface area (Å²) in [5, 5.41) is 2.96. The predicted molar refractivity (Wildman–Crippen MR) is 101 cm³/mol. The maximum absolute atomic E-state index is 12.9. The van der Waals surface area contributed by atoms with Gasteiger partial charge in [0.2, 0.25) is 5.91 Å². The van der Waals surface area contributed by atoms with Crippen LogP contribution in [0.1, 0.15) is 51.4 Å². The number of nitrogens with one attached hydrogen (secondary N) is 1. The minimum Gasteiger partial charge on any atom is -0.342 e. The molecule has 1 atom stereocenters. The molecule has 1 unspecified atom stereocenters. The summed E-state index contributed by atoms with van der Waals surface area (Å²) in [7, 11) is 0. The first kappa shape index (κ1) is 18.1. The average molecular weight is 380 g/mol. The van der Waals surface area contributed by atoms with E-state index in [1.54, 1.807) is 0 Å². The number of carbonyl (C=O) groups excluding carboxylic acids is 3. The molecule has 1 spiro atoms. The Morgan fingerprint density at radius 1 is 1.00 bits per heavy atom. The van der Waals surface area contributed by atoms with Gasteiger partial charge in [-0.05, 0) is 43.1 Å². The molecule has 0 aromatic rings. The Morgan fingerprint density at radius 3 is 2.46 bits per heavy atom. The van der Waals surface area contributed by atoms with E-state index in [4.69, 9.17) is 0 Å². The van der Waals surface area contributed by atoms with Crippen LogP contribution in [0.15, 0.2) is 0 Å². The van der Waals surface area contributed by atoms with Gasteiger partial charge >= 0.3 is 6.03 Å². The van der Waals surface area contributed by atoms with Gasteiger partial charge in [-0.25, -0.2) is 4.79 Å². The lowest BCUT2D eigenvalue weighted by Gasteiger charge is -2.30. The van der Waals surface area contributed by atoms with Gasteiger partial charge in [0.1, 0.15) is 5.54 Å². The summed E-state index contributed by atoms with van der Waals surface area (Å²) in [6, 6.07) is -0.264. The molecule has 4 aliphatic rings. The fourth-order valence-corrected chi connectivity index (χ4v) is 6.18. The van der Waals surface area contributed by atoms with E-state index in [2.05, 4.69) is 5.32 Å². The molecule has 1 saturated carbocycles. The Balaban J connectivity index is 1.34. The van der Waals surface area contributed by atoms with Gasteiger partial charge in [-0.15, -0.1) is 0 Å². The van der Waals surface area contributed by atoms with Crippen molar-refractivity contribution in [2.24, 2.45) is 11.8 Å². The summed E-state index contributed by atoms with van der Waals surface area (Å²) in [4.78, 5) is 41.1. The molecule has 3 aliphatic heterocycles. The maximum atomic E-state index is 12.9. The molecule has 3 heterocycles. The van der Waals surface area contributed by atoms with Gasteiger partial charge in [0, 0.05) is 32.0 Å². The topological polar surface area (TPSA) is 69.7 Å². The highest BCUT2D eigenvalue weighted by atomic mass is 32.2. The number of carbonyl (C=O) groups is 3. The van der Waals surface area contributed by atoms with E-state index < -0.39 is 5.54 Å². The molecule has 26 heavy (non-hydrogen) atoms. The summed E-state index contributed by atoms with van der Waals surface area (Å²) in [6.45, 7) is 1.93. The lowest BCUT2D eigenvalue weighted by atomic mass is 9.89. The van der Waals surface area contributed by atoms with E-state index in [0.29, 0.717) is 25.4 Å². The molecule has 1 N–H and O–H groups in total. The van der Waals surface area contributed by atoms with Gasteiger partial charge < -0.3 is 10.2 Å². The third-order valence-electron chi connectivity index (χ3n) is 6.53. The Labute approximate surface area is 159 Å². The number of imide groups is 1. The Kier molecular flexibility index (Phi) is 5.17. The lowest BCUT2D eigenvalue weighted by Crippen LogP contribution is -2.49. The SMILES string of the molecule is O=C1CC(CN2C(=O)NC3(CCSCC3)C2=O)CN1CC1CCCCC1. The Morgan fingerprint density at radius 2 is 1.73 bits per heavy atom. The van der Waals surface area contributed by atoms with E-state index in [9.17, 15) is 14.4 Å². The molecule has 4 amide bonds. The Hall–Kier alpha value is -1.24. The van der Waals surface area contributed by atoms with Gasteiger partial charge in [-0.2, -0.15) is 11.8 Å². The summed E-state index contributed by atoms with van der Waals surface area (Å²) < 4.78 is 0. The molecule has 144 valence electrons. The van der Waals surface area contributed by atoms with Crippen molar-refractivity contribution in [3.05, 3.63) is 0 Å². The number of amides is 4. The minimum atomic E-state index is -0.674. The average Bonchev–Trinajstić information content (AvgIpc) is 3.09. The lowest BCUT2D eigenvalue weighted by molar-refractivity contribution is -0.132. The highest BCUT2D eigenvalue weighted by Crippen LogP contribution is 2.34. The van der Waals surface area contributed by atoms with Crippen molar-refractivity contribution in [1.29, 1.82) is 0 Å². The second-order valence-electron chi connectivity index (χ2n) is 8.41. The van der Waals surface area contributed by atoms with Crippen LogP contribution in [-0.2, 0) is 9.59 Å². The fourth-order valence-electron chi connectivity index (χ4n) is 4.99. The maximum Gasteiger partial charge on any atom is 0.325 e. The molecule has 0 aromatic carbocycles. The number of nitrogens with zero attached hydrogens (tertiary/aromatic N) is 2. The van der Waals surface area contributed by atoms with Crippen LogP contribution in [0, 0.1) is 11.8 Å². The van der Waals surface area contributed by atoms with Crippen molar-refractivity contribution in [2.75, 3.05) is 31.1 Å². The monoisotopic (exact) mass is 379 g/mol. The number of hydrogen-bond acceptors (Lipinski definition) is 4. The second kappa shape index (κ2) is 7.41. The van der Waals surface area contributed by atoms with Gasteiger partial charge in [-0.3, -0.25) is 14.5 Å². The molecule has 7 heteroatoms. The largest absolute Gasteiger partial charge is 0.342 e. The smallest absolute Gasteiger partial charge is 0.325 e. The number of thioether (sulfide) groups is 1. The van der Waals surface area contributed by atoms with Crippen LogP contribution >= 0.6 is 11.8 Å². The van der Waals surface area contributed by atoms with Crippen LogP contribution in [0.4, 0.5) is 4.79 Å². The third kappa shape index (κ3) is 3.47. The van der Waals surface area contributed by atoms with Crippen LogP contribution in [0.3, 0.4) is 0 Å². The molecule has 4 rings (SSSR count). The molecule has 0 bridgehead atoms. The predicted octanol–water partition coefficient (Wildman–Crippen LogP) is 2.23. The standard InChI is InChI=1S/C19H29N3O3S/c23-16-10-15(12-21(16)11-14-4-2-1-3-5-14)13-22-17(24)19(20-18(22)25)6-8-26-9-7-19/h14-15H,1-13H2,(H,20,25). The zero-order chi connectivity index (χ0) is 18.1. The molecule has 4 fully saturated rings. The van der Waals surface area contributed by atoms with Crippen molar-refractivity contribution < 1.29 is 14.4 Å². The van der Waals surface area contributed by atoms with Crippen LogP contribution in [0.25, 0.3) is 0 Å². The summed E-state index contributed by atoms with van der Waals surface area (Å²) in [5.74, 6) is 2.66. The van der Waals surface area contributed by atoms with Crippen LogP contribution in [0.2, 0.25) is 0 Å². The first-order chi connectivity index (χ1) is 12.6. The zero-order valence-corrected chi connectivity index (χ0v) is 16.2. The van der Waals surface area contributed by atoms with Crippen molar-refractivity contribution in [3.8, 4) is 0 Å². The van der Waals surface area contributed by atoms with E-state index in [0.717, 1.165) is 30.9 Å². The second-order valence-corrected chi connectivity index (χ2v) is 9.64. The minimum absolute atomic E-state index is 0.0685. The van der Waals surface area contributed by atoms with Crippen LogP contribution in [-0.4, -0.2) is 64.3 Å². The molecule has 0 aromatic heterocycles. The first-order valence-electron chi connectivity index (χ1n) is 10.1. The zero-order valence-electron chi connectivity index (χ0n) is 15.4. The molecule has 3 saturated heterocycles. The highest BCUT2D eigenvalue weighted by Gasteiger charge is 2.52. The van der Waals surface area contributed by atoms with E-state index in [-0.39, 0.29) is 23.8 Å². The van der Waals surface area contributed by atoms with Crippen LogP contribution in [0.5, 0.6) is 0 Å². The quantitative estimate of drug-likeness (QED) is 0.761. The van der Waals surface area contributed by atoms with Gasteiger partial charge in [-0.1, -0.05) is 19.3 Å². The van der Waals surface area contributed by atoms with Crippen molar-refractivity contribution in [3.63, 3.8) is 0 Å². The molecule has 1 aliphatic carbocycles.